The Morgan fingerprint density at radius 3 is 2.66 bits per heavy atom. The van der Waals surface area contributed by atoms with Gasteiger partial charge in [0.2, 0.25) is 5.91 Å². The van der Waals surface area contributed by atoms with E-state index in [1.165, 1.54) is 19.3 Å². The van der Waals surface area contributed by atoms with Gasteiger partial charge in [0.15, 0.2) is 5.65 Å². The van der Waals surface area contributed by atoms with Crippen molar-refractivity contribution in [1.82, 2.24) is 24.6 Å². The van der Waals surface area contributed by atoms with E-state index < -0.39 is 0 Å². The number of aromatic nitrogens is 4. The molecule has 2 aromatic heterocycles. The summed E-state index contributed by atoms with van der Waals surface area (Å²) >= 11 is 0. The Morgan fingerprint density at radius 2 is 1.81 bits per heavy atom. The lowest BCUT2D eigenvalue weighted by Crippen LogP contribution is -2.43. The lowest BCUT2D eigenvalue weighted by Gasteiger charge is -2.35. The van der Waals surface area contributed by atoms with Gasteiger partial charge in [-0.15, -0.1) is 0 Å². The number of para-hydroxylation sites is 1. The van der Waals surface area contributed by atoms with Crippen molar-refractivity contribution in [2.45, 2.75) is 57.4 Å². The van der Waals surface area contributed by atoms with Crippen molar-refractivity contribution in [3.8, 4) is 5.75 Å². The number of piperidine rings is 1. The average molecular weight is 434 g/mol. The first-order valence-electron chi connectivity index (χ1n) is 11.9. The van der Waals surface area contributed by atoms with Crippen LogP contribution in [0.3, 0.4) is 0 Å². The quantitative estimate of drug-likeness (QED) is 0.583. The Hall–Kier alpha value is -2.96. The van der Waals surface area contributed by atoms with Crippen LogP contribution < -0.4 is 4.74 Å². The fraction of sp³-hybridized carbons (Fsp3) is 0.520. The summed E-state index contributed by atoms with van der Waals surface area (Å²) in [5.41, 5.74) is 2.60. The monoisotopic (exact) mass is 433 g/mol. The van der Waals surface area contributed by atoms with Gasteiger partial charge in [0.05, 0.1) is 12.2 Å². The molecule has 5 rings (SSSR count). The normalized spacial score (nSPS) is 19.9. The zero-order valence-electron chi connectivity index (χ0n) is 18.5. The minimum Gasteiger partial charge on any atom is -0.492 e. The molecule has 7 heteroatoms. The summed E-state index contributed by atoms with van der Waals surface area (Å²) in [5, 5.41) is 4.92. The van der Waals surface area contributed by atoms with E-state index in [2.05, 4.69) is 14.9 Å². The van der Waals surface area contributed by atoms with E-state index in [1.54, 1.807) is 12.4 Å². The second kappa shape index (κ2) is 9.67. The van der Waals surface area contributed by atoms with Crippen LogP contribution in [-0.4, -0.2) is 50.3 Å². The van der Waals surface area contributed by atoms with E-state index in [-0.39, 0.29) is 11.8 Å². The fourth-order valence-electron chi connectivity index (χ4n) is 5.13. The van der Waals surface area contributed by atoms with Crippen molar-refractivity contribution < 1.29 is 9.53 Å². The van der Waals surface area contributed by atoms with Gasteiger partial charge in [-0.3, -0.25) is 4.79 Å². The van der Waals surface area contributed by atoms with E-state index in [9.17, 15) is 4.79 Å². The average Bonchev–Trinajstić information content (AvgIpc) is 3.24. The van der Waals surface area contributed by atoms with Gasteiger partial charge in [-0.25, -0.2) is 14.6 Å². The smallest absolute Gasteiger partial charge is 0.225 e. The van der Waals surface area contributed by atoms with Gasteiger partial charge in [0.25, 0.3) is 0 Å². The van der Waals surface area contributed by atoms with Crippen LogP contribution in [-0.2, 0) is 11.3 Å². The zero-order valence-corrected chi connectivity index (χ0v) is 18.5. The van der Waals surface area contributed by atoms with Gasteiger partial charge in [-0.1, -0.05) is 37.5 Å². The Morgan fingerprint density at radius 1 is 1.00 bits per heavy atom. The van der Waals surface area contributed by atoms with E-state index in [0.717, 1.165) is 61.4 Å². The molecule has 1 amide bonds. The highest BCUT2D eigenvalue weighted by molar-refractivity contribution is 5.79. The molecule has 1 aliphatic carbocycles. The highest BCUT2D eigenvalue weighted by atomic mass is 16.5. The van der Waals surface area contributed by atoms with Crippen LogP contribution in [0.4, 0.5) is 0 Å². The number of fused-ring (bicyclic) bond motifs is 1. The Labute approximate surface area is 188 Å². The largest absolute Gasteiger partial charge is 0.492 e. The Kier molecular flexibility index (Phi) is 6.32. The lowest BCUT2D eigenvalue weighted by atomic mass is 9.86. The summed E-state index contributed by atoms with van der Waals surface area (Å²) in [6.07, 6.45) is 11.2. The van der Waals surface area contributed by atoms with Crippen LogP contribution in [0, 0.1) is 5.92 Å². The zero-order chi connectivity index (χ0) is 21.8. The number of rotatable bonds is 6. The van der Waals surface area contributed by atoms with Crippen molar-refractivity contribution in [2.75, 3.05) is 19.7 Å². The van der Waals surface area contributed by atoms with E-state index >= 15 is 0 Å². The molecule has 168 valence electrons. The predicted octanol–water partition coefficient (Wildman–Crippen LogP) is 4.19. The predicted molar refractivity (Wildman–Crippen MR) is 122 cm³/mol. The van der Waals surface area contributed by atoms with Crippen LogP contribution in [0.15, 0.2) is 42.7 Å². The van der Waals surface area contributed by atoms with Crippen LogP contribution in [0.25, 0.3) is 11.2 Å². The molecule has 0 bridgehead atoms. The number of carbonyl (C=O) groups is 1. The number of hydrogen-bond acceptors (Lipinski definition) is 5. The summed E-state index contributed by atoms with van der Waals surface area (Å²) in [4.78, 5) is 24.4. The number of nitrogens with zero attached hydrogens (tertiary/aromatic N) is 5. The van der Waals surface area contributed by atoms with Crippen LogP contribution in [0.1, 0.15) is 56.6 Å². The second-order valence-corrected chi connectivity index (χ2v) is 8.96. The fourth-order valence-corrected chi connectivity index (χ4v) is 5.13. The Bertz CT molecular complexity index is 1040. The van der Waals surface area contributed by atoms with Gasteiger partial charge in [-0.05, 0) is 37.8 Å². The molecule has 3 heterocycles. The van der Waals surface area contributed by atoms with E-state index in [4.69, 9.17) is 9.84 Å². The van der Waals surface area contributed by atoms with Crippen molar-refractivity contribution in [2.24, 2.45) is 5.92 Å². The lowest BCUT2D eigenvalue weighted by molar-refractivity contribution is -0.137. The molecule has 32 heavy (non-hydrogen) atoms. The number of ether oxygens (including phenoxy) is 1. The summed E-state index contributed by atoms with van der Waals surface area (Å²) < 4.78 is 7.77. The van der Waals surface area contributed by atoms with E-state index in [1.807, 2.05) is 35.0 Å². The number of carbonyl (C=O) groups excluding carboxylic acids is 1. The Balaban J connectivity index is 1.31. The molecule has 2 aliphatic rings. The van der Waals surface area contributed by atoms with Crippen LogP contribution >= 0.6 is 0 Å². The first-order valence-corrected chi connectivity index (χ1v) is 11.9. The number of benzene rings is 1. The van der Waals surface area contributed by atoms with Crippen molar-refractivity contribution in [3.05, 3.63) is 48.4 Å². The van der Waals surface area contributed by atoms with Gasteiger partial charge < -0.3 is 9.64 Å². The van der Waals surface area contributed by atoms with Gasteiger partial charge in [0.1, 0.15) is 17.9 Å². The topological polar surface area (TPSA) is 73.1 Å². The van der Waals surface area contributed by atoms with Gasteiger partial charge in [0, 0.05) is 37.3 Å². The third-order valence-corrected chi connectivity index (χ3v) is 6.78. The highest BCUT2D eigenvalue weighted by Gasteiger charge is 2.32. The molecule has 1 atom stereocenters. The molecular formula is C25H31N5O2. The highest BCUT2D eigenvalue weighted by Crippen LogP contribution is 2.32. The molecule has 1 aromatic carbocycles. The third-order valence-electron chi connectivity index (χ3n) is 6.78. The summed E-state index contributed by atoms with van der Waals surface area (Å²) in [6.45, 7) is 2.70. The summed E-state index contributed by atoms with van der Waals surface area (Å²) in [6, 6.07) is 9.80. The van der Waals surface area contributed by atoms with Crippen molar-refractivity contribution in [1.29, 1.82) is 0 Å². The second-order valence-electron chi connectivity index (χ2n) is 8.96. The maximum absolute atomic E-state index is 13.1. The first-order chi connectivity index (χ1) is 15.8. The first kappa shape index (κ1) is 20.9. The minimum absolute atomic E-state index is 0.201. The molecule has 1 saturated carbocycles. The molecule has 3 aromatic rings. The molecule has 7 nitrogen and oxygen atoms in total. The SMILES string of the molecule is O=C(C1CCCCC1)N1CCCC(c2nn(CCOc3ccccc3)c3nccnc23)C1. The van der Waals surface area contributed by atoms with Crippen LogP contribution in [0.5, 0.6) is 5.75 Å². The van der Waals surface area contributed by atoms with Crippen LogP contribution in [0.2, 0.25) is 0 Å². The molecule has 1 unspecified atom stereocenters. The maximum atomic E-state index is 13.1. The number of likely N-dealkylation sites (tertiary alicyclic amines) is 1. The number of amides is 1. The van der Waals surface area contributed by atoms with Gasteiger partial charge in [-0.2, -0.15) is 5.10 Å². The summed E-state index contributed by atoms with van der Waals surface area (Å²) in [5.74, 6) is 1.61. The van der Waals surface area contributed by atoms with Crippen molar-refractivity contribution >= 4 is 17.1 Å². The van der Waals surface area contributed by atoms with Crippen molar-refractivity contribution in [3.63, 3.8) is 0 Å². The van der Waals surface area contributed by atoms with E-state index in [0.29, 0.717) is 19.1 Å². The minimum atomic E-state index is 0.201. The molecule has 2 fully saturated rings. The molecule has 1 aliphatic heterocycles. The molecule has 1 saturated heterocycles. The molecule has 0 spiro atoms. The third kappa shape index (κ3) is 4.47. The molecular weight excluding hydrogens is 402 g/mol. The van der Waals surface area contributed by atoms with Gasteiger partial charge >= 0.3 is 0 Å². The molecule has 0 N–H and O–H groups in total. The maximum Gasteiger partial charge on any atom is 0.225 e. The summed E-state index contributed by atoms with van der Waals surface area (Å²) in [7, 11) is 0. The number of hydrogen-bond donors (Lipinski definition) is 0. The standard InChI is InChI=1S/C25H31N5O2/c31-25(19-8-3-1-4-9-19)29-15-7-10-20(18-29)22-23-24(27-14-13-26-23)30(28-22)16-17-32-21-11-5-2-6-12-21/h2,5-6,11-14,19-20H,1,3-4,7-10,15-18H2. The molecule has 0 radical (unpaired) electrons.